The zero-order chi connectivity index (χ0) is 9.90. The van der Waals surface area contributed by atoms with Gasteiger partial charge in [-0.15, -0.1) is 0 Å². The minimum absolute atomic E-state index is 0.0173. The van der Waals surface area contributed by atoms with Gasteiger partial charge < -0.3 is 5.73 Å². The van der Waals surface area contributed by atoms with E-state index in [1.54, 1.807) is 25.1 Å². The Balaban J connectivity index is 2.87. The second-order valence-corrected chi connectivity index (χ2v) is 4.46. The van der Waals surface area contributed by atoms with Crippen molar-refractivity contribution in [2.24, 2.45) is 0 Å². The Bertz CT molecular complexity index is 388. The number of aromatic nitrogens is 1. The first-order chi connectivity index (χ1) is 6.03. The predicted octanol–water partition coefficient (Wildman–Crippen LogP) is 0.425. The summed E-state index contributed by atoms with van der Waals surface area (Å²) in [5, 5.41) is 0. The number of nitrogen functional groups attached to an aromatic ring is 1. The molecule has 0 atom stereocenters. The van der Waals surface area contributed by atoms with Crippen LogP contribution in [0.3, 0.4) is 0 Å². The Hall–Kier alpha value is -1.30. The molecule has 0 saturated carbocycles. The van der Waals surface area contributed by atoms with E-state index in [1.807, 2.05) is 0 Å². The second-order valence-electron chi connectivity index (χ2n) is 2.45. The third kappa shape index (κ3) is 2.90. The second kappa shape index (κ2) is 3.61. The first-order valence-electron chi connectivity index (χ1n) is 3.76. The van der Waals surface area contributed by atoms with Crippen LogP contribution in [-0.4, -0.2) is 19.2 Å². The van der Waals surface area contributed by atoms with Gasteiger partial charge in [-0.25, -0.2) is 13.4 Å². The Morgan fingerprint density at radius 2 is 2.23 bits per heavy atom. The molecule has 72 valence electrons. The molecule has 1 aromatic heterocycles. The third-order valence-corrected chi connectivity index (χ3v) is 2.69. The molecule has 1 rings (SSSR count). The smallest absolute Gasteiger partial charge is 0.233 e. The summed E-state index contributed by atoms with van der Waals surface area (Å²) >= 11 is 0. The molecular formula is C7H11N3O2S. The highest BCUT2D eigenvalue weighted by molar-refractivity contribution is 7.92. The van der Waals surface area contributed by atoms with Crippen LogP contribution in [0.15, 0.2) is 18.2 Å². The van der Waals surface area contributed by atoms with Crippen LogP contribution in [0.2, 0.25) is 0 Å². The number of pyridine rings is 1. The van der Waals surface area contributed by atoms with E-state index in [2.05, 4.69) is 9.71 Å². The van der Waals surface area contributed by atoms with Crippen molar-refractivity contribution < 1.29 is 8.42 Å². The molecule has 5 nitrogen and oxygen atoms in total. The first-order valence-corrected chi connectivity index (χ1v) is 5.42. The third-order valence-electron chi connectivity index (χ3n) is 1.41. The monoisotopic (exact) mass is 201 g/mol. The van der Waals surface area contributed by atoms with Gasteiger partial charge >= 0.3 is 0 Å². The van der Waals surface area contributed by atoms with Gasteiger partial charge in [-0.3, -0.25) is 4.72 Å². The van der Waals surface area contributed by atoms with E-state index < -0.39 is 10.0 Å². The average molecular weight is 201 g/mol. The lowest BCUT2D eigenvalue weighted by atomic mass is 10.4. The van der Waals surface area contributed by atoms with E-state index in [0.29, 0.717) is 0 Å². The van der Waals surface area contributed by atoms with Crippen LogP contribution < -0.4 is 10.5 Å². The first kappa shape index (κ1) is 9.79. The normalized spacial score (nSPS) is 11.2. The summed E-state index contributed by atoms with van der Waals surface area (Å²) in [5.41, 5.74) is 5.37. The number of sulfonamides is 1. The zero-order valence-corrected chi connectivity index (χ0v) is 8.00. The van der Waals surface area contributed by atoms with Crippen LogP contribution in [0, 0.1) is 0 Å². The fourth-order valence-electron chi connectivity index (χ4n) is 0.740. The quantitative estimate of drug-likeness (QED) is 0.742. The predicted molar refractivity (Wildman–Crippen MR) is 51.7 cm³/mol. The number of nitrogens with two attached hydrogens (primary N) is 1. The summed E-state index contributed by atoms with van der Waals surface area (Å²) in [4.78, 5) is 3.79. The molecule has 0 saturated heterocycles. The highest BCUT2D eigenvalue weighted by atomic mass is 32.2. The van der Waals surface area contributed by atoms with Crippen LogP contribution in [0.4, 0.5) is 11.6 Å². The lowest BCUT2D eigenvalue weighted by Gasteiger charge is -2.04. The summed E-state index contributed by atoms with van der Waals surface area (Å²) in [5.74, 6) is 0.557. The summed E-state index contributed by atoms with van der Waals surface area (Å²) in [6.07, 6.45) is 0. The fraction of sp³-hybridized carbons (Fsp3) is 0.286. The molecule has 0 aromatic carbocycles. The maximum atomic E-state index is 11.1. The number of hydrogen-bond acceptors (Lipinski definition) is 4. The summed E-state index contributed by atoms with van der Waals surface area (Å²) in [6.45, 7) is 1.55. The van der Waals surface area contributed by atoms with E-state index in [1.165, 1.54) is 0 Å². The van der Waals surface area contributed by atoms with Gasteiger partial charge in [0.2, 0.25) is 10.0 Å². The van der Waals surface area contributed by atoms with Gasteiger partial charge in [0.05, 0.1) is 5.75 Å². The summed E-state index contributed by atoms with van der Waals surface area (Å²) in [7, 11) is -3.26. The van der Waals surface area contributed by atoms with Gasteiger partial charge in [-0.1, -0.05) is 6.07 Å². The van der Waals surface area contributed by atoms with Gasteiger partial charge in [-0.2, -0.15) is 0 Å². The van der Waals surface area contributed by atoms with E-state index >= 15 is 0 Å². The Morgan fingerprint density at radius 3 is 2.77 bits per heavy atom. The lowest BCUT2D eigenvalue weighted by Crippen LogP contribution is -2.15. The van der Waals surface area contributed by atoms with Crippen LogP contribution in [0.1, 0.15) is 6.92 Å². The molecule has 1 aromatic rings. The summed E-state index contributed by atoms with van der Waals surface area (Å²) in [6, 6.07) is 4.77. The van der Waals surface area contributed by atoms with Crippen molar-refractivity contribution in [3.8, 4) is 0 Å². The molecule has 1 heterocycles. The fourth-order valence-corrected chi connectivity index (χ4v) is 1.32. The van der Waals surface area contributed by atoms with Gasteiger partial charge in [0, 0.05) is 0 Å². The Kier molecular flexibility index (Phi) is 2.72. The van der Waals surface area contributed by atoms with Crippen LogP contribution in [-0.2, 0) is 10.0 Å². The largest absolute Gasteiger partial charge is 0.384 e. The van der Waals surface area contributed by atoms with E-state index in [-0.39, 0.29) is 17.4 Å². The maximum Gasteiger partial charge on any atom is 0.233 e. The number of anilines is 2. The van der Waals surface area contributed by atoms with Crippen LogP contribution in [0.5, 0.6) is 0 Å². The van der Waals surface area contributed by atoms with Gasteiger partial charge in [0.1, 0.15) is 11.6 Å². The van der Waals surface area contributed by atoms with Crippen LogP contribution in [0.25, 0.3) is 0 Å². The van der Waals surface area contributed by atoms with Crippen molar-refractivity contribution in [2.45, 2.75) is 6.92 Å². The van der Waals surface area contributed by atoms with Crippen molar-refractivity contribution in [3.63, 3.8) is 0 Å². The van der Waals surface area contributed by atoms with Gasteiger partial charge in [0.15, 0.2) is 0 Å². The lowest BCUT2D eigenvalue weighted by molar-refractivity contribution is 0.602. The maximum absolute atomic E-state index is 11.1. The molecule has 13 heavy (non-hydrogen) atoms. The topological polar surface area (TPSA) is 85.1 Å². The number of nitrogens with zero attached hydrogens (tertiary/aromatic N) is 1. The molecule has 6 heteroatoms. The SMILES string of the molecule is CCS(=O)(=O)Nc1cccc(N)n1. The highest BCUT2D eigenvalue weighted by Gasteiger charge is 2.06. The molecule has 0 aliphatic rings. The molecule has 0 spiro atoms. The van der Waals surface area contributed by atoms with E-state index in [4.69, 9.17) is 5.73 Å². The summed E-state index contributed by atoms with van der Waals surface area (Å²) < 4.78 is 24.5. The van der Waals surface area contributed by atoms with E-state index in [9.17, 15) is 8.42 Å². The molecule has 0 bridgehead atoms. The van der Waals surface area contributed by atoms with Crippen molar-refractivity contribution in [1.82, 2.24) is 4.98 Å². The van der Waals surface area contributed by atoms with Crippen molar-refractivity contribution in [2.75, 3.05) is 16.2 Å². The molecular weight excluding hydrogens is 190 g/mol. The Labute approximate surface area is 77.0 Å². The number of rotatable bonds is 3. The number of hydrogen-bond donors (Lipinski definition) is 2. The molecule has 0 aliphatic carbocycles. The molecule has 0 unspecified atom stereocenters. The molecule has 0 amide bonds. The Morgan fingerprint density at radius 1 is 1.54 bits per heavy atom. The van der Waals surface area contributed by atoms with Crippen molar-refractivity contribution in [3.05, 3.63) is 18.2 Å². The zero-order valence-electron chi connectivity index (χ0n) is 7.19. The average Bonchev–Trinajstić information content (AvgIpc) is 2.03. The molecule has 0 radical (unpaired) electrons. The van der Waals surface area contributed by atoms with Gasteiger partial charge in [0.25, 0.3) is 0 Å². The molecule has 0 fully saturated rings. The van der Waals surface area contributed by atoms with Crippen LogP contribution >= 0.6 is 0 Å². The van der Waals surface area contributed by atoms with Crippen molar-refractivity contribution >= 4 is 21.7 Å². The number of nitrogens with one attached hydrogen (secondary N) is 1. The van der Waals surface area contributed by atoms with Gasteiger partial charge in [-0.05, 0) is 19.1 Å². The minimum atomic E-state index is -3.26. The minimum Gasteiger partial charge on any atom is -0.384 e. The highest BCUT2D eigenvalue weighted by Crippen LogP contribution is 2.07. The van der Waals surface area contributed by atoms with Crippen molar-refractivity contribution in [1.29, 1.82) is 0 Å². The molecule has 0 aliphatic heterocycles. The van der Waals surface area contributed by atoms with E-state index in [0.717, 1.165) is 0 Å². The molecule has 3 N–H and O–H groups in total. The standard InChI is InChI=1S/C7H11N3O2S/c1-2-13(11,12)10-7-5-3-4-6(8)9-7/h3-5H,2H2,1H3,(H3,8,9,10).